The molecule has 0 heterocycles. The fraction of sp³-hybridized carbons (Fsp3) is 0.316. The molecule has 1 N–H and O–H groups in total. The van der Waals surface area contributed by atoms with E-state index in [-0.39, 0.29) is 23.9 Å². The maximum Gasteiger partial charge on any atom is 0.240 e. The molecule has 0 aromatic heterocycles. The van der Waals surface area contributed by atoms with Gasteiger partial charge < -0.3 is 9.64 Å². The summed E-state index contributed by atoms with van der Waals surface area (Å²) >= 11 is 0. The first-order chi connectivity index (χ1) is 12.3. The molecule has 0 spiro atoms. The predicted octanol–water partition coefficient (Wildman–Crippen LogP) is 2.33. The largest absolute Gasteiger partial charge is 0.497 e. The van der Waals surface area contributed by atoms with Crippen LogP contribution in [0.2, 0.25) is 0 Å². The lowest BCUT2D eigenvalue weighted by atomic mass is 10.2. The average Bonchev–Trinajstić information content (AvgIpc) is 2.61. The molecule has 1 amide bonds. The molecule has 0 radical (unpaired) electrons. The zero-order valence-corrected chi connectivity index (χ0v) is 16.0. The van der Waals surface area contributed by atoms with Crippen LogP contribution in [-0.4, -0.2) is 39.4 Å². The van der Waals surface area contributed by atoms with E-state index in [0.717, 1.165) is 16.9 Å². The normalized spacial score (nSPS) is 11.2. The Morgan fingerprint density at radius 3 is 2.42 bits per heavy atom. The minimum Gasteiger partial charge on any atom is -0.497 e. The topological polar surface area (TPSA) is 75.7 Å². The number of benzene rings is 2. The molecule has 7 heteroatoms. The lowest BCUT2D eigenvalue weighted by molar-refractivity contribution is -0.129. The van der Waals surface area contributed by atoms with Crippen molar-refractivity contribution in [2.75, 3.05) is 20.2 Å². The molecule has 0 unspecified atom stereocenters. The molecule has 0 atom stereocenters. The highest BCUT2D eigenvalue weighted by atomic mass is 32.2. The Hall–Kier alpha value is -2.38. The van der Waals surface area contributed by atoms with E-state index >= 15 is 0 Å². The van der Waals surface area contributed by atoms with E-state index in [1.807, 2.05) is 37.3 Å². The van der Waals surface area contributed by atoms with Crippen LogP contribution in [0.25, 0.3) is 0 Å². The summed E-state index contributed by atoms with van der Waals surface area (Å²) in [4.78, 5) is 13.7. The molecule has 0 fully saturated rings. The number of rotatable bonds is 8. The molecule has 2 rings (SSSR count). The lowest BCUT2D eigenvalue weighted by Crippen LogP contribution is -2.37. The van der Waals surface area contributed by atoms with E-state index in [0.29, 0.717) is 6.54 Å². The Balaban J connectivity index is 1.96. The summed E-state index contributed by atoms with van der Waals surface area (Å²) in [5, 5.41) is 0. The SMILES string of the molecule is COc1ccc(CN(CCNS(=O)(=O)c2cccc(C)c2)C(C)=O)cc1. The third-order valence-electron chi connectivity index (χ3n) is 3.95. The Bertz CT molecular complexity index is 848. The second-order valence-electron chi connectivity index (χ2n) is 6.00. The van der Waals surface area contributed by atoms with Gasteiger partial charge in [-0.2, -0.15) is 0 Å². The summed E-state index contributed by atoms with van der Waals surface area (Å²) in [7, 11) is -2.00. The molecular weight excluding hydrogens is 352 g/mol. The van der Waals surface area contributed by atoms with Gasteiger partial charge in [0, 0.05) is 26.6 Å². The quantitative estimate of drug-likeness (QED) is 0.767. The molecule has 0 bridgehead atoms. The highest BCUT2D eigenvalue weighted by Gasteiger charge is 2.15. The Morgan fingerprint density at radius 1 is 1.15 bits per heavy atom. The molecule has 2 aromatic carbocycles. The highest BCUT2D eigenvalue weighted by molar-refractivity contribution is 7.89. The van der Waals surface area contributed by atoms with E-state index in [1.54, 1.807) is 30.2 Å². The second kappa shape index (κ2) is 8.82. The number of aryl methyl sites for hydroxylation is 1. The van der Waals surface area contributed by atoms with Crippen molar-refractivity contribution in [3.63, 3.8) is 0 Å². The van der Waals surface area contributed by atoms with Gasteiger partial charge in [-0.3, -0.25) is 4.79 Å². The van der Waals surface area contributed by atoms with E-state index < -0.39 is 10.0 Å². The first-order valence-corrected chi connectivity index (χ1v) is 9.75. The molecule has 0 saturated heterocycles. The lowest BCUT2D eigenvalue weighted by Gasteiger charge is -2.21. The first-order valence-electron chi connectivity index (χ1n) is 8.26. The number of sulfonamides is 1. The first kappa shape index (κ1) is 19.9. The van der Waals surface area contributed by atoms with Crippen LogP contribution in [0.15, 0.2) is 53.4 Å². The van der Waals surface area contributed by atoms with Gasteiger partial charge in [-0.1, -0.05) is 24.3 Å². The summed E-state index contributed by atoms with van der Waals surface area (Å²) in [6, 6.07) is 14.1. The number of methoxy groups -OCH3 is 1. The smallest absolute Gasteiger partial charge is 0.240 e. The van der Waals surface area contributed by atoms with Crippen molar-refractivity contribution in [2.24, 2.45) is 0 Å². The van der Waals surface area contributed by atoms with Crippen LogP contribution in [0.4, 0.5) is 0 Å². The van der Waals surface area contributed by atoms with Crippen molar-refractivity contribution in [1.29, 1.82) is 0 Å². The minimum absolute atomic E-state index is 0.115. The summed E-state index contributed by atoms with van der Waals surface area (Å²) in [6.45, 7) is 4.15. The van der Waals surface area contributed by atoms with Gasteiger partial charge in [0.2, 0.25) is 15.9 Å². The van der Waals surface area contributed by atoms with Crippen LogP contribution in [0.3, 0.4) is 0 Å². The number of nitrogens with zero attached hydrogens (tertiary/aromatic N) is 1. The maximum atomic E-state index is 12.3. The van der Waals surface area contributed by atoms with E-state index in [4.69, 9.17) is 4.74 Å². The molecule has 0 aliphatic heterocycles. The van der Waals surface area contributed by atoms with Crippen molar-refractivity contribution in [2.45, 2.75) is 25.3 Å². The van der Waals surface area contributed by atoms with Gasteiger partial charge in [0.1, 0.15) is 5.75 Å². The fourth-order valence-corrected chi connectivity index (χ4v) is 3.61. The maximum absolute atomic E-state index is 12.3. The number of hydrogen-bond acceptors (Lipinski definition) is 4. The number of carbonyl (C=O) groups is 1. The van der Waals surface area contributed by atoms with Crippen molar-refractivity contribution in [1.82, 2.24) is 9.62 Å². The van der Waals surface area contributed by atoms with Crippen molar-refractivity contribution >= 4 is 15.9 Å². The monoisotopic (exact) mass is 376 g/mol. The Kier molecular flexibility index (Phi) is 6.76. The molecule has 0 saturated carbocycles. The van der Waals surface area contributed by atoms with Gasteiger partial charge in [-0.25, -0.2) is 13.1 Å². The second-order valence-corrected chi connectivity index (χ2v) is 7.77. The van der Waals surface area contributed by atoms with Gasteiger partial charge in [-0.05, 0) is 42.3 Å². The number of ether oxygens (including phenoxy) is 1. The van der Waals surface area contributed by atoms with E-state index in [2.05, 4.69) is 4.72 Å². The molecule has 6 nitrogen and oxygen atoms in total. The third-order valence-corrected chi connectivity index (χ3v) is 5.41. The summed E-state index contributed by atoms with van der Waals surface area (Å²) in [5.74, 6) is 0.629. The van der Waals surface area contributed by atoms with Crippen LogP contribution < -0.4 is 9.46 Å². The molecule has 140 valence electrons. The molecule has 2 aromatic rings. The molecule has 0 aliphatic carbocycles. The van der Waals surface area contributed by atoms with Crippen LogP contribution in [0, 0.1) is 6.92 Å². The number of nitrogens with one attached hydrogen (secondary N) is 1. The van der Waals surface area contributed by atoms with E-state index in [9.17, 15) is 13.2 Å². The van der Waals surface area contributed by atoms with Gasteiger partial charge in [0.25, 0.3) is 0 Å². The van der Waals surface area contributed by atoms with Crippen molar-refractivity contribution in [3.05, 3.63) is 59.7 Å². The van der Waals surface area contributed by atoms with Crippen molar-refractivity contribution < 1.29 is 17.9 Å². The van der Waals surface area contributed by atoms with Gasteiger partial charge in [-0.15, -0.1) is 0 Å². The highest BCUT2D eigenvalue weighted by Crippen LogP contribution is 2.13. The third kappa shape index (κ3) is 5.57. The van der Waals surface area contributed by atoms with Crippen molar-refractivity contribution in [3.8, 4) is 5.75 Å². The van der Waals surface area contributed by atoms with Crippen LogP contribution in [0.1, 0.15) is 18.1 Å². The van der Waals surface area contributed by atoms with Crippen LogP contribution in [0.5, 0.6) is 5.75 Å². The summed E-state index contributed by atoms with van der Waals surface area (Å²) in [6.07, 6.45) is 0. The van der Waals surface area contributed by atoms with Crippen LogP contribution in [-0.2, 0) is 21.4 Å². The number of carbonyl (C=O) groups excluding carboxylic acids is 1. The number of amides is 1. The van der Waals surface area contributed by atoms with Gasteiger partial charge in [0.15, 0.2) is 0 Å². The molecule has 26 heavy (non-hydrogen) atoms. The molecular formula is C19H24N2O4S. The summed E-state index contributed by atoms with van der Waals surface area (Å²) < 4.78 is 32.3. The standard InChI is InChI=1S/C19H24N2O4S/c1-15-5-4-6-19(13-15)26(23,24)20-11-12-21(16(2)22)14-17-7-9-18(25-3)10-8-17/h4-10,13,20H,11-12,14H2,1-3H3. The zero-order valence-electron chi connectivity index (χ0n) is 15.2. The summed E-state index contributed by atoms with van der Waals surface area (Å²) in [5.41, 5.74) is 1.82. The fourth-order valence-electron chi connectivity index (χ4n) is 2.48. The minimum atomic E-state index is -3.59. The molecule has 0 aliphatic rings. The zero-order chi connectivity index (χ0) is 19.2. The number of hydrogen-bond donors (Lipinski definition) is 1. The predicted molar refractivity (Wildman–Crippen MR) is 100 cm³/mol. The van der Waals surface area contributed by atoms with Gasteiger partial charge in [0.05, 0.1) is 12.0 Å². The van der Waals surface area contributed by atoms with Gasteiger partial charge >= 0.3 is 0 Å². The Morgan fingerprint density at radius 2 is 1.85 bits per heavy atom. The Labute approximate surface area is 154 Å². The van der Waals surface area contributed by atoms with Crippen LogP contribution >= 0.6 is 0 Å². The average molecular weight is 376 g/mol. The van der Waals surface area contributed by atoms with E-state index in [1.165, 1.54) is 6.92 Å².